The molecular weight excluding hydrogens is 142 g/mol. The molecule has 0 fully saturated rings. The summed E-state index contributed by atoms with van der Waals surface area (Å²) in [6.45, 7) is 4.09. The number of nitrogens with zero attached hydrogens (tertiary/aromatic N) is 1. The van der Waals surface area contributed by atoms with Gasteiger partial charge < -0.3 is 9.64 Å². The number of hydrogen-bond acceptors (Lipinski definition) is 3. The standard InChI is InChI=1S/C8H17NO2/c1-4-9(2)7-5-6-8(10)11-3/h4-7H2,1-3H3. The molecule has 3 nitrogen and oxygen atoms in total. The molecule has 0 atom stereocenters. The molecule has 0 aliphatic rings. The molecule has 0 spiro atoms. The second-order valence-electron chi connectivity index (χ2n) is 2.58. The topological polar surface area (TPSA) is 29.5 Å². The zero-order chi connectivity index (χ0) is 8.69. The zero-order valence-electron chi connectivity index (χ0n) is 7.59. The van der Waals surface area contributed by atoms with Crippen LogP contribution in [0.2, 0.25) is 0 Å². The first-order valence-corrected chi connectivity index (χ1v) is 3.96. The van der Waals surface area contributed by atoms with Gasteiger partial charge >= 0.3 is 5.97 Å². The molecular formula is C8H17NO2. The molecule has 3 heteroatoms. The van der Waals surface area contributed by atoms with E-state index in [0.29, 0.717) is 6.42 Å². The highest BCUT2D eigenvalue weighted by atomic mass is 16.5. The van der Waals surface area contributed by atoms with E-state index in [9.17, 15) is 4.79 Å². The van der Waals surface area contributed by atoms with Gasteiger partial charge in [0.15, 0.2) is 0 Å². The molecule has 0 saturated heterocycles. The molecule has 0 rings (SSSR count). The van der Waals surface area contributed by atoms with E-state index in [1.54, 1.807) is 0 Å². The first-order chi connectivity index (χ1) is 5.20. The molecule has 0 heterocycles. The Bertz CT molecular complexity index is 115. The van der Waals surface area contributed by atoms with Crippen LogP contribution in [0.1, 0.15) is 19.8 Å². The number of rotatable bonds is 5. The minimum atomic E-state index is -0.116. The van der Waals surface area contributed by atoms with Crippen molar-refractivity contribution in [2.45, 2.75) is 19.8 Å². The largest absolute Gasteiger partial charge is 0.469 e. The van der Waals surface area contributed by atoms with Crippen LogP contribution >= 0.6 is 0 Å². The summed E-state index contributed by atoms with van der Waals surface area (Å²) < 4.78 is 4.51. The van der Waals surface area contributed by atoms with Gasteiger partial charge in [-0.15, -0.1) is 0 Å². The van der Waals surface area contributed by atoms with E-state index in [-0.39, 0.29) is 5.97 Å². The highest BCUT2D eigenvalue weighted by Gasteiger charge is 2.00. The molecule has 0 amide bonds. The Balaban J connectivity index is 3.20. The highest BCUT2D eigenvalue weighted by Crippen LogP contribution is 1.93. The number of hydrogen-bond donors (Lipinski definition) is 0. The van der Waals surface area contributed by atoms with Crippen molar-refractivity contribution in [2.75, 3.05) is 27.2 Å². The molecule has 0 radical (unpaired) electrons. The molecule has 0 aromatic rings. The summed E-state index contributed by atoms with van der Waals surface area (Å²) in [6, 6.07) is 0. The monoisotopic (exact) mass is 159 g/mol. The average molecular weight is 159 g/mol. The van der Waals surface area contributed by atoms with Crippen LogP contribution in [0, 0.1) is 0 Å². The van der Waals surface area contributed by atoms with Gasteiger partial charge in [-0.05, 0) is 26.6 Å². The van der Waals surface area contributed by atoms with Crippen LogP contribution in [0.15, 0.2) is 0 Å². The summed E-state index contributed by atoms with van der Waals surface area (Å²) in [4.78, 5) is 12.8. The predicted molar refractivity (Wildman–Crippen MR) is 44.4 cm³/mol. The summed E-state index contributed by atoms with van der Waals surface area (Å²) in [6.07, 6.45) is 1.41. The minimum absolute atomic E-state index is 0.116. The Morgan fingerprint density at radius 3 is 2.64 bits per heavy atom. The number of carbonyl (C=O) groups is 1. The number of esters is 1. The SMILES string of the molecule is CCN(C)CCCC(=O)OC. The van der Waals surface area contributed by atoms with E-state index in [4.69, 9.17) is 0 Å². The Kier molecular flexibility index (Phi) is 5.84. The summed E-state index contributed by atoms with van der Waals surface area (Å²) >= 11 is 0. The van der Waals surface area contributed by atoms with E-state index in [2.05, 4.69) is 16.6 Å². The normalized spacial score (nSPS) is 10.2. The smallest absolute Gasteiger partial charge is 0.305 e. The van der Waals surface area contributed by atoms with E-state index in [1.165, 1.54) is 7.11 Å². The average Bonchev–Trinajstić information content (AvgIpc) is 2.04. The molecule has 0 bridgehead atoms. The molecule has 0 aromatic carbocycles. The zero-order valence-corrected chi connectivity index (χ0v) is 7.59. The maximum Gasteiger partial charge on any atom is 0.305 e. The Hall–Kier alpha value is -0.570. The minimum Gasteiger partial charge on any atom is -0.469 e. The summed E-state index contributed by atoms with van der Waals surface area (Å²) in [5.74, 6) is -0.116. The second kappa shape index (κ2) is 6.16. The van der Waals surface area contributed by atoms with E-state index >= 15 is 0 Å². The van der Waals surface area contributed by atoms with Crippen molar-refractivity contribution in [3.8, 4) is 0 Å². The van der Waals surface area contributed by atoms with Crippen LogP contribution in [0.25, 0.3) is 0 Å². The van der Waals surface area contributed by atoms with Crippen LogP contribution in [-0.2, 0) is 9.53 Å². The first-order valence-electron chi connectivity index (χ1n) is 3.96. The van der Waals surface area contributed by atoms with Crippen molar-refractivity contribution in [1.82, 2.24) is 4.90 Å². The fourth-order valence-corrected chi connectivity index (χ4v) is 0.753. The van der Waals surface area contributed by atoms with E-state index in [1.807, 2.05) is 7.05 Å². The quantitative estimate of drug-likeness (QED) is 0.558. The van der Waals surface area contributed by atoms with Crippen LogP contribution in [0.5, 0.6) is 0 Å². The number of methoxy groups -OCH3 is 1. The molecule has 66 valence electrons. The lowest BCUT2D eigenvalue weighted by molar-refractivity contribution is -0.140. The molecule has 0 aromatic heterocycles. The van der Waals surface area contributed by atoms with Crippen molar-refractivity contribution < 1.29 is 9.53 Å². The Morgan fingerprint density at radius 2 is 2.18 bits per heavy atom. The third kappa shape index (κ3) is 5.85. The Labute approximate surface area is 68.3 Å². The van der Waals surface area contributed by atoms with Gasteiger partial charge in [-0.3, -0.25) is 4.79 Å². The maximum absolute atomic E-state index is 10.6. The third-order valence-electron chi connectivity index (χ3n) is 1.69. The van der Waals surface area contributed by atoms with Gasteiger partial charge in [0.1, 0.15) is 0 Å². The van der Waals surface area contributed by atoms with Crippen molar-refractivity contribution in [3.05, 3.63) is 0 Å². The van der Waals surface area contributed by atoms with Gasteiger partial charge in [0.25, 0.3) is 0 Å². The second-order valence-corrected chi connectivity index (χ2v) is 2.58. The first kappa shape index (κ1) is 10.4. The van der Waals surface area contributed by atoms with Gasteiger partial charge in [0, 0.05) is 6.42 Å². The molecule has 0 unspecified atom stereocenters. The number of carbonyl (C=O) groups excluding carboxylic acids is 1. The fraction of sp³-hybridized carbons (Fsp3) is 0.875. The van der Waals surface area contributed by atoms with Gasteiger partial charge in [0.05, 0.1) is 7.11 Å². The van der Waals surface area contributed by atoms with E-state index in [0.717, 1.165) is 19.5 Å². The lowest BCUT2D eigenvalue weighted by atomic mass is 10.3. The van der Waals surface area contributed by atoms with Crippen molar-refractivity contribution in [2.24, 2.45) is 0 Å². The van der Waals surface area contributed by atoms with E-state index < -0.39 is 0 Å². The summed E-state index contributed by atoms with van der Waals surface area (Å²) in [7, 11) is 3.46. The summed E-state index contributed by atoms with van der Waals surface area (Å²) in [5, 5.41) is 0. The van der Waals surface area contributed by atoms with Crippen LogP contribution in [-0.4, -0.2) is 38.1 Å². The molecule has 0 saturated carbocycles. The third-order valence-corrected chi connectivity index (χ3v) is 1.69. The maximum atomic E-state index is 10.6. The molecule has 0 N–H and O–H groups in total. The van der Waals surface area contributed by atoms with Crippen LogP contribution < -0.4 is 0 Å². The van der Waals surface area contributed by atoms with Gasteiger partial charge in [0.2, 0.25) is 0 Å². The summed E-state index contributed by atoms with van der Waals surface area (Å²) in [5.41, 5.74) is 0. The van der Waals surface area contributed by atoms with Crippen molar-refractivity contribution in [1.29, 1.82) is 0 Å². The van der Waals surface area contributed by atoms with Crippen LogP contribution in [0.4, 0.5) is 0 Å². The highest BCUT2D eigenvalue weighted by molar-refractivity contribution is 5.68. The molecule has 11 heavy (non-hydrogen) atoms. The van der Waals surface area contributed by atoms with Gasteiger partial charge in [-0.25, -0.2) is 0 Å². The number of ether oxygens (including phenoxy) is 1. The molecule has 0 aliphatic heterocycles. The fourth-order valence-electron chi connectivity index (χ4n) is 0.753. The lowest BCUT2D eigenvalue weighted by Gasteiger charge is -2.12. The lowest BCUT2D eigenvalue weighted by Crippen LogP contribution is -2.19. The van der Waals surface area contributed by atoms with Crippen molar-refractivity contribution in [3.63, 3.8) is 0 Å². The van der Waals surface area contributed by atoms with Gasteiger partial charge in [-0.1, -0.05) is 6.92 Å². The molecule has 0 aliphatic carbocycles. The van der Waals surface area contributed by atoms with Crippen molar-refractivity contribution >= 4 is 5.97 Å². The van der Waals surface area contributed by atoms with Gasteiger partial charge in [-0.2, -0.15) is 0 Å². The predicted octanol–water partition coefficient (Wildman–Crippen LogP) is 0.891. The van der Waals surface area contributed by atoms with Crippen LogP contribution in [0.3, 0.4) is 0 Å². The Morgan fingerprint density at radius 1 is 1.55 bits per heavy atom.